The van der Waals surface area contributed by atoms with Gasteiger partial charge in [0.15, 0.2) is 0 Å². The van der Waals surface area contributed by atoms with Crippen LogP contribution in [0.4, 0.5) is 5.69 Å². The average Bonchev–Trinajstić information content (AvgIpc) is 2.75. The van der Waals surface area contributed by atoms with Crippen LogP contribution in [-0.2, 0) is 11.4 Å². The van der Waals surface area contributed by atoms with Gasteiger partial charge in [0.2, 0.25) is 0 Å². The second-order valence-electron chi connectivity index (χ2n) is 6.78. The topological polar surface area (TPSA) is 62.1 Å². The highest BCUT2D eigenvalue weighted by Gasteiger charge is 2.13. The van der Waals surface area contributed by atoms with Crippen LogP contribution in [0.25, 0.3) is 6.08 Å². The van der Waals surface area contributed by atoms with Crippen molar-refractivity contribution in [2.24, 2.45) is 0 Å². The molecule has 0 heterocycles. The predicted octanol–water partition coefficient (Wildman–Crippen LogP) is 7.95. The van der Waals surface area contributed by atoms with Crippen LogP contribution in [0.3, 0.4) is 0 Å². The predicted molar refractivity (Wildman–Crippen MR) is 136 cm³/mol. The van der Waals surface area contributed by atoms with E-state index in [1.54, 1.807) is 36.4 Å². The Balaban J connectivity index is 1.78. The molecule has 0 radical (unpaired) electrons. The normalized spacial score (nSPS) is 11.1. The van der Waals surface area contributed by atoms with Crippen LogP contribution in [0.15, 0.2) is 69.1 Å². The Morgan fingerprint density at radius 1 is 1.09 bits per heavy atom. The molecule has 0 bridgehead atoms. The molecule has 1 N–H and O–H groups in total. The van der Waals surface area contributed by atoms with E-state index < -0.39 is 5.91 Å². The maximum atomic E-state index is 12.6. The fourth-order valence-electron chi connectivity index (χ4n) is 2.75. The molecule has 3 rings (SSSR count). The highest BCUT2D eigenvalue weighted by molar-refractivity contribution is 9.11. The Bertz CT molecular complexity index is 1230. The first-order valence-electron chi connectivity index (χ1n) is 9.33. The van der Waals surface area contributed by atoms with Crippen molar-refractivity contribution in [1.82, 2.24) is 0 Å². The molecule has 0 saturated heterocycles. The molecule has 4 nitrogen and oxygen atoms in total. The standard InChI is InChI=1S/C24H16Br2Cl2N2O2/c1-14-6-7-18(11-22(14)28)30-24(31)17(12-29)8-15-9-19(25)23(20(26)10-15)32-13-16-4-2-3-5-21(16)27/h2-11H,13H2,1H3,(H,30,31)/b17-8-. The first-order valence-corrected chi connectivity index (χ1v) is 11.7. The highest BCUT2D eigenvalue weighted by atomic mass is 79.9. The van der Waals surface area contributed by atoms with Crippen LogP contribution in [0.2, 0.25) is 10.0 Å². The maximum absolute atomic E-state index is 12.6. The number of ether oxygens (including phenoxy) is 1. The largest absolute Gasteiger partial charge is 0.486 e. The summed E-state index contributed by atoms with van der Waals surface area (Å²) in [6.07, 6.45) is 1.50. The zero-order valence-electron chi connectivity index (χ0n) is 16.8. The lowest BCUT2D eigenvalue weighted by Gasteiger charge is -2.12. The zero-order chi connectivity index (χ0) is 23.3. The fraction of sp³-hybridized carbons (Fsp3) is 0.0833. The van der Waals surface area contributed by atoms with E-state index in [0.29, 0.717) is 36.0 Å². The number of benzene rings is 3. The molecule has 0 aliphatic carbocycles. The van der Waals surface area contributed by atoms with Gasteiger partial charge >= 0.3 is 0 Å². The molecular weight excluding hydrogens is 579 g/mol. The molecule has 0 aromatic heterocycles. The van der Waals surface area contributed by atoms with Crippen molar-refractivity contribution < 1.29 is 9.53 Å². The molecule has 3 aromatic carbocycles. The van der Waals surface area contributed by atoms with Crippen LogP contribution < -0.4 is 10.1 Å². The Kier molecular flexibility index (Phi) is 8.38. The molecule has 0 spiro atoms. The van der Waals surface area contributed by atoms with Gasteiger partial charge in [-0.3, -0.25) is 4.79 Å². The molecule has 0 saturated carbocycles. The van der Waals surface area contributed by atoms with Gasteiger partial charge in [0.05, 0.1) is 8.95 Å². The van der Waals surface area contributed by atoms with Crippen molar-refractivity contribution in [3.63, 3.8) is 0 Å². The van der Waals surface area contributed by atoms with Crippen LogP contribution in [-0.4, -0.2) is 5.91 Å². The van der Waals surface area contributed by atoms with Crippen molar-refractivity contribution in [3.8, 4) is 11.8 Å². The van der Waals surface area contributed by atoms with Gasteiger partial charge < -0.3 is 10.1 Å². The molecule has 1 amide bonds. The molecule has 32 heavy (non-hydrogen) atoms. The molecule has 0 aliphatic heterocycles. The van der Waals surface area contributed by atoms with Crippen molar-refractivity contribution >= 4 is 72.7 Å². The number of aryl methyl sites for hydroxylation is 1. The summed E-state index contributed by atoms with van der Waals surface area (Å²) in [5, 5.41) is 13.3. The molecule has 0 aliphatic rings. The quantitative estimate of drug-likeness (QED) is 0.233. The summed E-state index contributed by atoms with van der Waals surface area (Å²) in [5.74, 6) is 0.0537. The van der Waals surface area contributed by atoms with Crippen molar-refractivity contribution in [2.45, 2.75) is 13.5 Å². The number of carbonyl (C=O) groups is 1. The Morgan fingerprint density at radius 3 is 2.41 bits per heavy atom. The van der Waals surface area contributed by atoms with Gasteiger partial charge in [-0.1, -0.05) is 47.5 Å². The number of nitrogens with one attached hydrogen (secondary N) is 1. The third-order valence-electron chi connectivity index (χ3n) is 4.46. The van der Waals surface area contributed by atoms with Crippen molar-refractivity contribution in [2.75, 3.05) is 5.32 Å². The van der Waals surface area contributed by atoms with E-state index in [1.165, 1.54) is 6.08 Å². The molecule has 0 fully saturated rings. The van der Waals surface area contributed by atoms with Gasteiger partial charge in [0, 0.05) is 21.3 Å². The van der Waals surface area contributed by atoms with E-state index >= 15 is 0 Å². The second-order valence-corrected chi connectivity index (χ2v) is 9.30. The lowest BCUT2D eigenvalue weighted by Crippen LogP contribution is -2.13. The van der Waals surface area contributed by atoms with Gasteiger partial charge in [0.25, 0.3) is 5.91 Å². The second kappa shape index (κ2) is 11.0. The molecule has 0 atom stereocenters. The van der Waals surface area contributed by atoms with Crippen LogP contribution in [0.5, 0.6) is 5.75 Å². The smallest absolute Gasteiger partial charge is 0.266 e. The summed E-state index contributed by atoms with van der Waals surface area (Å²) in [6, 6.07) is 18.1. The molecule has 3 aromatic rings. The summed E-state index contributed by atoms with van der Waals surface area (Å²) >= 11 is 19.3. The lowest BCUT2D eigenvalue weighted by molar-refractivity contribution is -0.112. The van der Waals surface area contributed by atoms with E-state index in [4.69, 9.17) is 27.9 Å². The minimum absolute atomic E-state index is 0.0507. The first-order chi connectivity index (χ1) is 15.3. The minimum Gasteiger partial charge on any atom is -0.486 e. The zero-order valence-corrected chi connectivity index (χ0v) is 21.4. The molecule has 0 unspecified atom stereocenters. The van der Waals surface area contributed by atoms with Gasteiger partial charge in [-0.2, -0.15) is 5.26 Å². The Morgan fingerprint density at radius 2 is 1.78 bits per heavy atom. The van der Waals surface area contributed by atoms with E-state index in [-0.39, 0.29) is 12.2 Å². The first kappa shape index (κ1) is 24.3. The molecule has 162 valence electrons. The molecule has 8 heteroatoms. The number of hydrogen-bond donors (Lipinski definition) is 1. The van der Waals surface area contributed by atoms with Crippen LogP contribution in [0, 0.1) is 18.3 Å². The third-order valence-corrected chi connectivity index (χ3v) is 6.41. The lowest BCUT2D eigenvalue weighted by atomic mass is 10.1. The highest BCUT2D eigenvalue weighted by Crippen LogP contribution is 2.36. The summed E-state index contributed by atoms with van der Waals surface area (Å²) in [6.45, 7) is 2.16. The van der Waals surface area contributed by atoms with Gasteiger partial charge in [-0.15, -0.1) is 0 Å². The van der Waals surface area contributed by atoms with Crippen molar-refractivity contribution in [3.05, 3.63) is 95.9 Å². The Labute approximate surface area is 213 Å². The SMILES string of the molecule is Cc1ccc(NC(=O)/C(C#N)=C\c2cc(Br)c(OCc3ccccc3Cl)c(Br)c2)cc1Cl. The van der Waals surface area contributed by atoms with Crippen molar-refractivity contribution in [1.29, 1.82) is 5.26 Å². The minimum atomic E-state index is -0.529. The monoisotopic (exact) mass is 592 g/mol. The van der Waals surface area contributed by atoms with Crippen LogP contribution >= 0.6 is 55.1 Å². The van der Waals surface area contributed by atoms with Crippen LogP contribution in [0.1, 0.15) is 16.7 Å². The molecular formula is C24H16Br2Cl2N2O2. The number of nitriles is 1. The van der Waals surface area contributed by atoms with E-state index in [9.17, 15) is 10.1 Å². The Hall–Kier alpha value is -2.30. The average molecular weight is 595 g/mol. The fourth-order valence-corrected chi connectivity index (χ4v) is 4.57. The maximum Gasteiger partial charge on any atom is 0.266 e. The van der Waals surface area contributed by atoms with E-state index in [0.717, 1.165) is 11.1 Å². The number of hydrogen-bond acceptors (Lipinski definition) is 3. The number of rotatable bonds is 6. The van der Waals surface area contributed by atoms with E-state index in [2.05, 4.69) is 37.2 Å². The summed E-state index contributed by atoms with van der Waals surface area (Å²) in [7, 11) is 0. The summed E-state index contributed by atoms with van der Waals surface area (Å²) in [5.41, 5.74) is 2.86. The van der Waals surface area contributed by atoms with E-state index in [1.807, 2.05) is 31.2 Å². The number of amides is 1. The number of nitrogens with zero attached hydrogens (tertiary/aromatic N) is 1. The van der Waals surface area contributed by atoms with Gasteiger partial charge in [-0.25, -0.2) is 0 Å². The number of halogens is 4. The number of carbonyl (C=O) groups excluding carboxylic acids is 1. The van der Waals surface area contributed by atoms with Gasteiger partial charge in [-0.05, 0) is 86.3 Å². The number of anilines is 1. The third kappa shape index (κ3) is 6.14. The summed E-state index contributed by atoms with van der Waals surface area (Å²) < 4.78 is 7.23. The summed E-state index contributed by atoms with van der Waals surface area (Å²) in [4.78, 5) is 12.6. The van der Waals surface area contributed by atoms with Gasteiger partial charge in [0.1, 0.15) is 24.0 Å².